The van der Waals surface area contributed by atoms with Crippen LogP contribution in [-0.4, -0.2) is 32.3 Å². The van der Waals surface area contributed by atoms with Crippen LogP contribution in [0.1, 0.15) is 15.9 Å². The quantitative estimate of drug-likeness (QED) is 0.750. The Balaban J connectivity index is 3.07. The third-order valence-electron chi connectivity index (χ3n) is 2.26. The van der Waals surface area contributed by atoms with Crippen LogP contribution in [0.2, 0.25) is 0 Å². The third-order valence-corrected chi connectivity index (χ3v) is 4.28. The minimum Gasteiger partial charge on any atom is -0.478 e. The summed E-state index contributed by atoms with van der Waals surface area (Å²) in [5, 5.41) is 8.95. The maximum atomic E-state index is 11.9. The minimum absolute atomic E-state index is 0.179. The number of hydrogen-bond acceptors (Lipinski definition) is 4. The van der Waals surface area contributed by atoms with Crippen molar-refractivity contribution in [2.24, 2.45) is 0 Å². The number of hydrogen-bond donors (Lipinski definition) is 2. The van der Waals surface area contributed by atoms with Crippen LogP contribution in [-0.2, 0) is 14.9 Å². The minimum atomic E-state index is -4.71. The van der Waals surface area contributed by atoms with Gasteiger partial charge in [0.25, 0.3) is 10.0 Å². The number of aromatic carboxylic acids is 1. The van der Waals surface area contributed by atoms with Crippen molar-refractivity contribution in [1.82, 2.24) is 4.89 Å². The molecule has 118 valence electrons. The number of benzene rings is 1. The van der Waals surface area contributed by atoms with E-state index in [0.717, 1.165) is 12.1 Å². The van der Waals surface area contributed by atoms with Crippen LogP contribution < -0.4 is 4.89 Å². The molecule has 0 aliphatic rings. The Hall–Kier alpha value is -1.17. The molecule has 0 amide bonds. The van der Waals surface area contributed by atoms with Gasteiger partial charge in [0.1, 0.15) is 0 Å². The molecule has 1 rings (SSSR count). The Morgan fingerprint density at radius 2 is 2.00 bits per heavy atom. The van der Waals surface area contributed by atoms with E-state index in [1.165, 1.54) is 11.8 Å². The lowest BCUT2D eigenvalue weighted by Gasteiger charge is -2.11. The summed E-state index contributed by atoms with van der Waals surface area (Å²) >= 11 is 2.98. The number of alkyl halides is 3. The molecule has 0 saturated carbocycles. The molecular weight excluding hydrogens is 383 g/mol. The summed E-state index contributed by atoms with van der Waals surface area (Å²) in [7, 11) is -4.44. The average molecular weight is 392 g/mol. The van der Waals surface area contributed by atoms with Crippen molar-refractivity contribution in [1.29, 1.82) is 0 Å². The van der Waals surface area contributed by atoms with Crippen molar-refractivity contribution in [3.8, 4) is 0 Å². The number of sulfonamides is 1. The van der Waals surface area contributed by atoms with E-state index < -0.39 is 33.7 Å². The van der Waals surface area contributed by atoms with Crippen LogP contribution in [0, 0.1) is 6.92 Å². The van der Waals surface area contributed by atoms with E-state index in [1.54, 1.807) is 0 Å². The predicted molar refractivity (Wildman–Crippen MR) is 68.2 cm³/mol. The van der Waals surface area contributed by atoms with Gasteiger partial charge in [0, 0.05) is 4.47 Å². The van der Waals surface area contributed by atoms with Gasteiger partial charge in [-0.3, -0.25) is 4.84 Å². The van der Waals surface area contributed by atoms with Gasteiger partial charge in [-0.05, 0) is 24.6 Å². The van der Waals surface area contributed by atoms with E-state index in [1.807, 2.05) is 0 Å². The van der Waals surface area contributed by atoms with Crippen LogP contribution in [0.15, 0.2) is 21.5 Å². The van der Waals surface area contributed by atoms with E-state index in [4.69, 9.17) is 5.11 Å². The first-order valence-corrected chi connectivity index (χ1v) is 7.45. The summed E-state index contributed by atoms with van der Waals surface area (Å²) in [6.45, 7) is -0.372. The maximum Gasteiger partial charge on any atom is 0.413 e. The highest BCUT2D eigenvalue weighted by Crippen LogP contribution is 2.25. The standard InChI is InChI=1S/C10H9BrF3NO5S/c1-5-7(9(16)17)2-6(3-8(5)11)21(18,19)15-20-4-10(12,13)14/h2-3,15H,4H2,1H3,(H,16,17). The van der Waals surface area contributed by atoms with Crippen molar-refractivity contribution in [3.63, 3.8) is 0 Å². The van der Waals surface area contributed by atoms with Gasteiger partial charge in [-0.15, -0.1) is 0 Å². The molecule has 0 spiro atoms. The zero-order chi connectivity index (χ0) is 16.4. The monoisotopic (exact) mass is 391 g/mol. The third kappa shape index (κ3) is 4.95. The summed E-state index contributed by atoms with van der Waals surface area (Å²) in [4.78, 5) is 15.6. The second-order valence-corrected chi connectivity index (χ2v) is 6.37. The zero-order valence-corrected chi connectivity index (χ0v) is 12.8. The molecule has 21 heavy (non-hydrogen) atoms. The molecule has 6 nitrogen and oxygen atoms in total. The fourth-order valence-electron chi connectivity index (χ4n) is 1.27. The van der Waals surface area contributed by atoms with E-state index in [-0.39, 0.29) is 15.6 Å². The lowest BCUT2D eigenvalue weighted by atomic mass is 10.1. The van der Waals surface area contributed by atoms with E-state index in [9.17, 15) is 26.4 Å². The van der Waals surface area contributed by atoms with Crippen LogP contribution in [0.4, 0.5) is 13.2 Å². The number of nitrogens with one attached hydrogen (secondary N) is 1. The van der Waals surface area contributed by atoms with Gasteiger partial charge < -0.3 is 5.11 Å². The topological polar surface area (TPSA) is 92.7 Å². The van der Waals surface area contributed by atoms with Gasteiger partial charge in [-0.1, -0.05) is 20.8 Å². The van der Waals surface area contributed by atoms with E-state index >= 15 is 0 Å². The predicted octanol–water partition coefficient (Wildman–Crippen LogP) is 2.23. The molecule has 1 aromatic carbocycles. The van der Waals surface area contributed by atoms with Crippen LogP contribution >= 0.6 is 15.9 Å². The number of carboxylic acids is 1. The lowest BCUT2D eigenvalue weighted by molar-refractivity contribution is -0.181. The van der Waals surface area contributed by atoms with E-state index in [2.05, 4.69) is 20.8 Å². The van der Waals surface area contributed by atoms with Gasteiger partial charge in [0.05, 0.1) is 10.5 Å². The number of rotatable bonds is 5. The van der Waals surface area contributed by atoms with Gasteiger partial charge in [0.2, 0.25) is 0 Å². The van der Waals surface area contributed by atoms with E-state index in [0.29, 0.717) is 0 Å². The fourth-order valence-corrected chi connectivity index (χ4v) is 2.74. The molecule has 0 fully saturated rings. The maximum absolute atomic E-state index is 11.9. The summed E-state index contributed by atoms with van der Waals surface area (Å²) in [6, 6.07) is 1.88. The first kappa shape index (κ1) is 17.9. The first-order valence-electron chi connectivity index (χ1n) is 5.18. The zero-order valence-electron chi connectivity index (χ0n) is 10.4. The van der Waals surface area contributed by atoms with Crippen molar-refractivity contribution >= 4 is 31.9 Å². The fraction of sp³-hybridized carbons (Fsp3) is 0.300. The average Bonchev–Trinajstić information content (AvgIpc) is 2.29. The van der Waals surface area contributed by atoms with Gasteiger partial charge in [-0.25, -0.2) is 13.2 Å². The summed E-state index contributed by atoms with van der Waals surface area (Å²) in [5.74, 6) is -1.37. The number of carboxylic acid groups (broad SMARTS) is 1. The first-order chi connectivity index (χ1) is 9.44. The molecule has 1 aromatic rings. The Bertz CT molecular complexity index is 659. The van der Waals surface area contributed by atoms with Gasteiger partial charge >= 0.3 is 12.1 Å². The molecule has 0 bridgehead atoms. The van der Waals surface area contributed by atoms with Crippen LogP contribution in [0.25, 0.3) is 0 Å². The molecule has 11 heteroatoms. The summed E-state index contributed by atoms with van der Waals surface area (Å²) in [6.07, 6.45) is -4.71. The normalized spacial score (nSPS) is 12.4. The molecular formula is C10H9BrF3NO5S. The molecule has 0 heterocycles. The van der Waals surface area contributed by atoms with Crippen molar-refractivity contribution in [2.45, 2.75) is 18.0 Å². The van der Waals surface area contributed by atoms with Crippen LogP contribution in [0.3, 0.4) is 0 Å². The molecule has 0 aliphatic heterocycles. The molecule has 0 saturated heterocycles. The van der Waals surface area contributed by atoms with Crippen LogP contribution in [0.5, 0.6) is 0 Å². The Morgan fingerprint density at radius 3 is 2.48 bits per heavy atom. The van der Waals surface area contributed by atoms with Crippen molar-refractivity contribution in [2.75, 3.05) is 6.61 Å². The number of halogens is 4. The second kappa shape index (κ2) is 6.30. The van der Waals surface area contributed by atoms with Gasteiger partial charge in [-0.2, -0.15) is 13.2 Å². The SMILES string of the molecule is Cc1c(Br)cc(S(=O)(=O)NOCC(F)(F)F)cc1C(=O)O. The molecule has 0 aliphatic carbocycles. The lowest BCUT2D eigenvalue weighted by Crippen LogP contribution is -2.29. The highest BCUT2D eigenvalue weighted by molar-refractivity contribution is 9.10. The van der Waals surface area contributed by atoms with Crippen molar-refractivity contribution in [3.05, 3.63) is 27.7 Å². The number of carbonyl (C=O) groups is 1. The molecule has 0 radical (unpaired) electrons. The molecule has 2 N–H and O–H groups in total. The second-order valence-electron chi connectivity index (χ2n) is 3.87. The highest BCUT2D eigenvalue weighted by atomic mass is 79.9. The summed E-state index contributed by atoms with van der Waals surface area (Å²) in [5.41, 5.74) is -0.0294. The van der Waals surface area contributed by atoms with Crippen molar-refractivity contribution < 1.29 is 36.3 Å². The highest BCUT2D eigenvalue weighted by Gasteiger charge is 2.29. The molecule has 0 atom stereocenters. The Kier molecular flexibility index (Phi) is 5.36. The Labute approximate surface area is 126 Å². The molecule has 0 unspecified atom stereocenters. The Morgan fingerprint density at radius 1 is 1.43 bits per heavy atom. The van der Waals surface area contributed by atoms with Gasteiger partial charge in [0.15, 0.2) is 6.61 Å². The smallest absolute Gasteiger partial charge is 0.413 e. The molecule has 0 aromatic heterocycles. The summed E-state index contributed by atoms with van der Waals surface area (Å²) < 4.78 is 59.3. The largest absolute Gasteiger partial charge is 0.478 e.